The molecular formula is C11H12ClNO3. The molecule has 0 saturated carbocycles. The maximum Gasteiger partial charge on any atom is 0.232 e. The molecule has 2 rings (SSSR count). The van der Waals surface area contributed by atoms with Gasteiger partial charge in [0.25, 0.3) is 0 Å². The van der Waals surface area contributed by atoms with Gasteiger partial charge in [0.2, 0.25) is 5.91 Å². The predicted molar refractivity (Wildman–Crippen MR) is 59.7 cm³/mol. The van der Waals surface area contributed by atoms with Crippen LogP contribution < -0.4 is 10.5 Å². The van der Waals surface area contributed by atoms with Crippen LogP contribution in [0.5, 0.6) is 5.75 Å². The van der Waals surface area contributed by atoms with Crippen molar-refractivity contribution in [1.29, 1.82) is 0 Å². The lowest BCUT2D eigenvalue weighted by molar-refractivity contribution is -0.141. The Hall–Kier alpha value is -1.26. The van der Waals surface area contributed by atoms with Crippen molar-refractivity contribution in [3.63, 3.8) is 0 Å². The molecule has 1 fully saturated rings. The Kier molecular flexibility index (Phi) is 2.78. The smallest absolute Gasteiger partial charge is 0.232 e. The second-order valence-corrected chi connectivity index (χ2v) is 4.22. The number of primary amides is 1. The van der Waals surface area contributed by atoms with Gasteiger partial charge in [-0.05, 0) is 18.2 Å². The van der Waals surface area contributed by atoms with E-state index in [1.165, 1.54) is 0 Å². The second kappa shape index (κ2) is 3.96. The highest BCUT2D eigenvalue weighted by Crippen LogP contribution is 2.39. The highest BCUT2D eigenvalue weighted by molar-refractivity contribution is 6.30. The molecule has 4 nitrogen and oxygen atoms in total. The third-order valence-corrected chi connectivity index (χ3v) is 3.08. The number of hydrogen-bond acceptors (Lipinski definition) is 3. The van der Waals surface area contributed by atoms with E-state index in [1.807, 2.05) is 0 Å². The average molecular weight is 242 g/mol. The summed E-state index contributed by atoms with van der Waals surface area (Å²) < 4.78 is 10.3. The summed E-state index contributed by atoms with van der Waals surface area (Å²) in [6, 6.07) is 5.13. The lowest BCUT2D eigenvalue weighted by Gasteiger charge is -2.39. The largest absolute Gasteiger partial charge is 0.496 e. The number of nitrogens with two attached hydrogens (primary N) is 1. The van der Waals surface area contributed by atoms with Crippen molar-refractivity contribution < 1.29 is 14.3 Å². The SMILES string of the molecule is COc1ccc(Cl)cc1C1(C(N)=O)COC1. The van der Waals surface area contributed by atoms with Crippen molar-refractivity contribution in [3.8, 4) is 5.75 Å². The Bertz CT molecular complexity index is 429. The molecule has 0 radical (unpaired) electrons. The molecule has 1 heterocycles. The van der Waals surface area contributed by atoms with Crippen LogP contribution >= 0.6 is 11.6 Å². The molecule has 1 aromatic rings. The van der Waals surface area contributed by atoms with Gasteiger partial charge in [-0.25, -0.2) is 0 Å². The molecule has 16 heavy (non-hydrogen) atoms. The summed E-state index contributed by atoms with van der Waals surface area (Å²) in [5.41, 5.74) is 5.32. The quantitative estimate of drug-likeness (QED) is 0.862. The molecule has 0 bridgehead atoms. The molecule has 1 amide bonds. The highest BCUT2D eigenvalue weighted by Gasteiger charge is 2.48. The first-order chi connectivity index (χ1) is 7.60. The molecule has 0 spiro atoms. The lowest BCUT2D eigenvalue weighted by atomic mass is 9.77. The zero-order valence-corrected chi connectivity index (χ0v) is 9.58. The van der Waals surface area contributed by atoms with E-state index in [-0.39, 0.29) is 13.2 Å². The molecule has 1 aliphatic heterocycles. The molecule has 2 N–H and O–H groups in total. The molecule has 1 saturated heterocycles. The highest BCUT2D eigenvalue weighted by atomic mass is 35.5. The van der Waals surface area contributed by atoms with Gasteiger partial charge < -0.3 is 15.2 Å². The van der Waals surface area contributed by atoms with Gasteiger partial charge in [0.05, 0.1) is 20.3 Å². The fourth-order valence-electron chi connectivity index (χ4n) is 1.79. The summed E-state index contributed by atoms with van der Waals surface area (Å²) in [4.78, 5) is 11.5. The van der Waals surface area contributed by atoms with Crippen molar-refractivity contribution in [2.75, 3.05) is 20.3 Å². The number of benzene rings is 1. The zero-order chi connectivity index (χ0) is 11.8. The fraction of sp³-hybridized carbons (Fsp3) is 0.364. The van der Waals surface area contributed by atoms with Crippen LogP contribution in [-0.4, -0.2) is 26.2 Å². The van der Waals surface area contributed by atoms with E-state index in [0.29, 0.717) is 16.3 Å². The van der Waals surface area contributed by atoms with E-state index >= 15 is 0 Å². The number of methoxy groups -OCH3 is 1. The van der Waals surface area contributed by atoms with Crippen LogP contribution in [-0.2, 0) is 14.9 Å². The van der Waals surface area contributed by atoms with E-state index in [1.54, 1.807) is 25.3 Å². The maximum absolute atomic E-state index is 11.5. The van der Waals surface area contributed by atoms with Crippen LogP contribution in [0.2, 0.25) is 5.02 Å². The Labute approximate surface area is 98.3 Å². The molecule has 0 atom stereocenters. The average Bonchev–Trinajstić information content (AvgIpc) is 2.15. The van der Waals surface area contributed by atoms with Gasteiger partial charge in [0.1, 0.15) is 11.2 Å². The van der Waals surface area contributed by atoms with Gasteiger partial charge in [-0.1, -0.05) is 11.6 Å². The molecule has 0 unspecified atom stereocenters. The number of hydrogen-bond donors (Lipinski definition) is 1. The number of carbonyl (C=O) groups is 1. The van der Waals surface area contributed by atoms with Crippen molar-refractivity contribution >= 4 is 17.5 Å². The Balaban J connectivity index is 2.52. The van der Waals surface area contributed by atoms with Crippen molar-refractivity contribution in [1.82, 2.24) is 0 Å². The summed E-state index contributed by atoms with van der Waals surface area (Å²) in [5.74, 6) is 0.186. The summed E-state index contributed by atoms with van der Waals surface area (Å²) in [7, 11) is 1.54. The molecule has 86 valence electrons. The molecule has 0 aromatic heterocycles. The normalized spacial score (nSPS) is 17.6. The fourth-order valence-corrected chi connectivity index (χ4v) is 1.96. The number of rotatable bonds is 3. The molecule has 1 aliphatic rings. The van der Waals surface area contributed by atoms with Crippen molar-refractivity contribution in [2.24, 2.45) is 5.73 Å². The minimum Gasteiger partial charge on any atom is -0.496 e. The second-order valence-electron chi connectivity index (χ2n) is 3.78. The lowest BCUT2D eigenvalue weighted by Crippen LogP contribution is -2.56. The third kappa shape index (κ3) is 1.54. The van der Waals surface area contributed by atoms with E-state index < -0.39 is 11.3 Å². The van der Waals surface area contributed by atoms with Gasteiger partial charge in [-0.2, -0.15) is 0 Å². The molecule has 0 aliphatic carbocycles. The predicted octanol–water partition coefficient (Wildman–Crippen LogP) is 1.10. The number of ether oxygens (including phenoxy) is 2. The van der Waals surface area contributed by atoms with Crippen molar-refractivity contribution in [3.05, 3.63) is 28.8 Å². The van der Waals surface area contributed by atoms with E-state index in [2.05, 4.69) is 0 Å². The van der Waals surface area contributed by atoms with Crippen LogP contribution in [0, 0.1) is 0 Å². The van der Waals surface area contributed by atoms with Crippen LogP contribution in [0.1, 0.15) is 5.56 Å². The molecule has 5 heteroatoms. The van der Waals surface area contributed by atoms with Crippen LogP contribution in [0.25, 0.3) is 0 Å². The van der Waals surface area contributed by atoms with Crippen LogP contribution in [0.4, 0.5) is 0 Å². The number of carbonyl (C=O) groups excluding carboxylic acids is 1. The minimum atomic E-state index is -0.795. The maximum atomic E-state index is 11.5. The molecule has 1 aromatic carbocycles. The van der Waals surface area contributed by atoms with Gasteiger partial charge in [-0.15, -0.1) is 0 Å². The first kappa shape index (κ1) is 11.2. The zero-order valence-electron chi connectivity index (χ0n) is 8.83. The minimum absolute atomic E-state index is 0.277. The van der Waals surface area contributed by atoms with E-state index in [0.717, 1.165) is 0 Å². The van der Waals surface area contributed by atoms with Gasteiger partial charge in [-0.3, -0.25) is 4.79 Å². The van der Waals surface area contributed by atoms with Crippen LogP contribution in [0.3, 0.4) is 0 Å². The van der Waals surface area contributed by atoms with Gasteiger partial charge in [0, 0.05) is 10.6 Å². The summed E-state index contributed by atoms with van der Waals surface area (Å²) in [6.45, 7) is 0.554. The first-order valence-corrected chi connectivity index (χ1v) is 5.19. The first-order valence-electron chi connectivity index (χ1n) is 4.82. The van der Waals surface area contributed by atoms with E-state index in [9.17, 15) is 4.79 Å². The molecular weight excluding hydrogens is 230 g/mol. The monoisotopic (exact) mass is 241 g/mol. The van der Waals surface area contributed by atoms with Crippen LogP contribution in [0.15, 0.2) is 18.2 Å². The summed E-state index contributed by atoms with van der Waals surface area (Å²) in [5, 5.41) is 0.545. The van der Waals surface area contributed by atoms with Crippen molar-refractivity contribution in [2.45, 2.75) is 5.41 Å². The Morgan fingerprint density at radius 2 is 2.25 bits per heavy atom. The van der Waals surface area contributed by atoms with Gasteiger partial charge in [0.15, 0.2) is 0 Å². The summed E-state index contributed by atoms with van der Waals surface area (Å²) in [6.07, 6.45) is 0. The number of halogens is 1. The standard InChI is InChI=1S/C11H12ClNO3/c1-15-9-3-2-7(12)4-8(9)11(10(13)14)5-16-6-11/h2-4H,5-6H2,1H3,(H2,13,14). The third-order valence-electron chi connectivity index (χ3n) is 2.85. The topological polar surface area (TPSA) is 61.5 Å². The van der Waals surface area contributed by atoms with E-state index in [4.69, 9.17) is 26.8 Å². The Morgan fingerprint density at radius 1 is 1.56 bits per heavy atom. The Morgan fingerprint density at radius 3 is 2.69 bits per heavy atom. The van der Waals surface area contributed by atoms with Gasteiger partial charge >= 0.3 is 0 Å². The summed E-state index contributed by atoms with van der Waals surface area (Å²) >= 11 is 5.92. The number of amides is 1.